The van der Waals surface area contributed by atoms with Crippen LogP contribution in [0.25, 0.3) is 0 Å². The van der Waals surface area contributed by atoms with Crippen molar-refractivity contribution in [1.82, 2.24) is 20.0 Å². The Morgan fingerprint density at radius 1 is 0.939 bits per heavy atom. The van der Waals surface area contributed by atoms with Crippen molar-refractivity contribution in [3.05, 3.63) is 71.8 Å². The molecule has 3 rings (SSSR count). The van der Waals surface area contributed by atoms with Gasteiger partial charge in [0.1, 0.15) is 6.04 Å². The Labute approximate surface area is 197 Å². The van der Waals surface area contributed by atoms with Gasteiger partial charge in [-0.15, -0.1) is 0 Å². The normalized spacial score (nSPS) is 15.2. The highest BCUT2D eigenvalue weighted by atomic mass is 16.3. The minimum absolute atomic E-state index is 0.0167. The second-order valence-electron chi connectivity index (χ2n) is 8.62. The molecule has 0 aliphatic carbocycles. The second kappa shape index (κ2) is 13.0. The zero-order valence-electron chi connectivity index (χ0n) is 19.5. The zero-order valence-corrected chi connectivity index (χ0v) is 19.5. The summed E-state index contributed by atoms with van der Waals surface area (Å²) in [5.74, 6) is -0.0366. The Balaban J connectivity index is 1.70. The Bertz CT molecular complexity index is 854. The summed E-state index contributed by atoms with van der Waals surface area (Å²) in [4.78, 5) is 32.4. The average Bonchev–Trinajstić information content (AvgIpc) is 2.85. The Kier molecular flexibility index (Phi) is 9.72. The van der Waals surface area contributed by atoms with Gasteiger partial charge < -0.3 is 25.1 Å². The fourth-order valence-electron chi connectivity index (χ4n) is 4.02. The standard InChI is InChI=1S/C26H36N4O3/c1-28-16-18-29(19-17-28)25(32)24(21-23-11-6-3-7-12-23)27-26(33)30(14-8-20-31)15-13-22-9-4-2-5-10-22/h2-7,9-12,24,31H,8,13-21H2,1H3,(H,27,33)/t24-/m0/s1. The number of hydrogen-bond acceptors (Lipinski definition) is 4. The molecular weight excluding hydrogens is 416 g/mol. The highest BCUT2D eigenvalue weighted by Gasteiger charge is 2.29. The van der Waals surface area contributed by atoms with Crippen molar-refractivity contribution in [3.8, 4) is 0 Å². The van der Waals surface area contributed by atoms with E-state index in [-0.39, 0.29) is 18.5 Å². The number of hydrogen-bond donors (Lipinski definition) is 2. The SMILES string of the molecule is CN1CCN(C(=O)[C@H](Cc2ccccc2)NC(=O)N(CCCO)CCc2ccccc2)CC1. The number of amides is 3. The number of piperazine rings is 1. The Morgan fingerprint density at radius 2 is 1.55 bits per heavy atom. The number of carbonyl (C=O) groups excluding carboxylic acids is 2. The van der Waals surface area contributed by atoms with E-state index in [9.17, 15) is 14.7 Å². The van der Waals surface area contributed by atoms with Crippen LogP contribution >= 0.6 is 0 Å². The van der Waals surface area contributed by atoms with Crippen LogP contribution in [0.5, 0.6) is 0 Å². The Hall–Kier alpha value is -2.90. The fraction of sp³-hybridized carbons (Fsp3) is 0.462. The van der Waals surface area contributed by atoms with Crippen molar-refractivity contribution in [2.45, 2.75) is 25.3 Å². The number of rotatable bonds is 10. The molecule has 0 aromatic heterocycles. The van der Waals surface area contributed by atoms with E-state index in [4.69, 9.17) is 0 Å². The average molecular weight is 453 g/mol. The van der Waals surface area contributed by atoms with Crippen LogP contribution in [0.15, 0.2) is 60.7 Å². The van der Waals surface area contributed by atoms with Crippen LogP contribution in [0.3, 0.4) is 0 Å². The van der Waals surface area contributed by atoms with Crippen molar-refractivity contribution in [2.75, 3.05) is 52.9 Å². The number of urea groups is 1. The first-order valence-corrected chi connectivity index (χ1v) is 11.8. The predicted octanol–water partition coefficient (Wildman–Crippen LogP) is 2.01. The fourth-order valence-corrected chi connectivity index (χ4v) is 4.02. The van der Waals surface area contributed by atoms with Crippen LogP contribution in [0.2, 0.25) is 0 Å². The summed E-state index contributed by atoms with van der Waals surface area (Å²) in [5, 5.41) is 12.3. The lowest BCUT2D eigenvalue weighted by Crippen LogP contribution is -2.57. The lowest BCUT2D eigenvalue weighted by Gasteiger charge is -2.35. The van der Waals surface area contributed by atoms with E-state index in [0.29, 0.717) is 39.0 Å². The first-order valence-electron chi connectivity index (χ1n) is 11.8. The number of nitrogens with one attached hydrogen (secondary N) is 1. The predicted molar refractivity (Wildman–Crippen MR) is 130 cm³/mol. The van der Waals surface area contributed by atoms with E-state index in [0.717, 1.165) is 30.6 Å². The summed E-state index contributed by atoms with van der Waals surface area (Å²) < 4.78 is 0. The molecule has 0 saturated carbocycles. The van der Waals surface area contributed by atoms with Crippen LogP contribution in [-0.2, 0) is 17.6 Å². The molecule has 1 aliphatic rings. The highest BCUT2D eigenvalue weighted by Crippen LogP contribution is 2.10. The third-order valence-electron chi connectivity index (χ3n) is 6.08. The van der Waals surface area contributed by atoms with Crippen molar-refractivity contribution in [3.63, 3.8) is 0 Å². The molecule has 33 heavy (non-hydrogen) atoms. The molecule has 1 aliphatic heterocycles. The highest BCUT2D eigenvalue weighted by molar-refractivity contribution is 5.87. The van der Waals surface area contributed by atoms with Crippen molar-refractivity contribution >= 4 is 11.9 Å². The summed E-state index contributed by atoms with van der Waals surface area (Å²) >= 11 is 0. The largest absolute Gasteiger partial charge is 0.396 e. The van der Waals surface area contributed by atoms with Crippen LogP contribution in [0, 0.1) is 0 Å². The molecule has 7 heteroatoms. The number of carbonyl (C=O) groups is 2. The summed E-state index contributed by atoms with van der Waals surface area (Å²) in [6.45, 7) is 3.97. The molecule has 7 nitrogen and oxygen atoms in total. The molecule has 1 heterocycles. The molecule has 2 aromatic rings. The molecule has 0 unspecified atom stereocenters. The zero-order chi connectivity index (χ0) is 23.5. The van der Waals surface area contributed by atoms with Crippen LogP contribution in [-0.4, -0.2) is 90.7 Å². The molecule has 0 spiro atoms. The van der Waals surface area contributed by atoms with Gasteiger partial charge in [-0.1, -0.05) is 60.7 Å². The Morgan fingerprint density at radius 3 is 2.15 bits per heavy atom. The van der Waals surface area contributed by atoms with Gasteiger partial charge in [-0.25, -0.2) is 4.79 Å². The van der Waals surface area contributed by atoms with E-state index in [1.165, 1.54) is 0 Å². The van der Waals surface area contributed by atoms with Gasteiger partial charge in [0, 0.05) is 52.3 Å². The van der Waals surface area contributed by atoms with Crippen LogP contribution in [0.4, 0.5) is 4.79 Å². The van der Waals surface area contributed by atoms with Crippen molar-refractivity contribution in [2.24, 2.45) is 0 Å². The quantitative estimate of drug-likeness (QED) is 0.578. The topological polar surface area (TPSA) is 76.1 Å². The van der Waals surface area contributed by atoms with Crippen molar-refractivity contribution in [1.29, 1.82) is 0 Å². The first-order chi connectivity index (χ1) is 16.1. The molecule has 2 N–H and O–H groups in total. The van der Waals surface area contributed by atoms with Gasteiger partial charge in [-0.3, -0.25) is 4.79 Å². The van der Waals surface area contributed by atoms with E-state index in [1.807, 2.05) is 65.6 Å². The summed E-state index contributed by atoms with van der Waals surface area (Å²) in [7, 11) is 2.05. The van der Waals surface area contributed by atoms with Gasteiger partial charge in [0.05, 0.1) is 0 Å². The van der Waals surface area contributed by atoms with E-state index in [1.54, 1.807) is 4.90 Å². The summed E-state index contributed by atoms with van der Waals surface area (Å²) in [6.07, 6.45) is 1.66. The maximum atomic E-state index is 13.4. The molecule has 0 radical (unpaired) electrons. The van der Waals surface area contributed by atoms with Gasteiger partial charge in [-0.2, -0.15) is 0 Å². The monoisotopic (exact) mass is 452 g/mol. The van der Waals surface area contributed by atoms with E-state index >= 15 is 0 Å². The van der Waals surface area contributed by atoms with Gasteiger partial charge >= 0.3 is 6.03 Å². The molecule has 178 valence electrons. The molecule has 2 aromatic carbocycles. The third kappa shape index (κ3) is 7.87. The van der Waals surface area contributed by atoms with Gasteiger partial charge in [-0.05, 0) is 31.0 Å². The summed E-state index contributed by atoms with van der Waals surface area (Å²) in [5.41, 5.74) is 2.16. The van der Waals surface area contributed by atoms with Crippen molar-refractivity contribution < 1.29 is 14.7 Å². The molecule has 3 amide bonds. The number of aliphatic hydroxyl groups excluding tert-OH is 1. The van der Waals surface area contributed by atoms with E-state index < -0.39 is 6.04 Å². The van der Waals surface area contributed by atoms with Gasteiger partial charge in [0.2, 0.25) is 5.91 Å². The summed E-state index contributed by atoms with van der Waals surface area (Å²) in [6, 6.07) is 18.9. The van der Waals surface area contributed by atoms with Crippen LogP contribution < -0.4 is 5.32 Å². The molecular formula is C26H36N4O3. The lowest BCUT2D eigenvalue weighted by atomic mass is 10.0. The van der Waals surface area contributed by atoms with E-state index in [2.05, 4.69) is 17.3 Å². The van der Waals surface area contributed by atoms with Gasteiger partial charge in [0.15, 0.2) is 0 Å². The first kappa shape index (κ1) is 24.7. The maximum absolute atomic E-state index is 13.4. The third-order valence-corrected chi connectivity index (χ3v) is 6.08. The maximum Gasteiger partial charge on any atom is 0.318 e. The molecule has 1 fully saturated rings. The molecule has 1 atom stereocenters. The molecule has 0 bridgehead atoms. The molecule has 1 saturated heterocycles. The lowest BCUT2D eigenvalue weighted by molar-refractivity contribution is -0.134. The van der Waals surface area contributed by atoms with Gasteiger partial charge in [0.25, 0.3) is 0 Å². The number of aliphatic hydroxyl groups is 1. The van der Waals surface area contributed by atoms with Crippen LogP contribution in [0.1, 0.15) is 17.5 Å². The minimum atomic E-state index is -0.628. The number of likely N-dealkylation sites (N-methyl/N-ethyl adjacent to an activating group) is 1. The number of nitrogens with zero attached hydrogens (tertiary/aromatic N) is 3. The minimum Gasteiger partial charge on any atom is -0.396 e. The smallest absolute Gasteiger partial charge is 0.318 e. The number of benzene rings is 2. The second-order valence-corrected chi connectivity index (χ2v) is 8.62.